The fourth-order valence-corrected chi connectivity index (χ4v) is 5.84. The van der Waals surface area contributed by atoms with Gasteiger partial charge in [0.25, 0.3) is 11.1 Å². The van der Waals surface area contributed by atoms with Crippen molar-refractivity contribution < 1.29 is 23.8 Å². The molecule has 0 N–H and O–H groups in total. The van der Waals surface area contributed by atoms with E-state index in [2.05, 4.69) is 15.9 Å². The molecule has 0 spiro atoms. The zero-order valence-corrected chi connectivity index (χ0v) is 22.9. The lowest BCUT2D eigenvalue weighted by molar-refractivity contribution is -0.123. The summed E-state index contributed by atoms with van der Waals surface area (Å²) in [4.78, 5) is 27.1. The maximum Gasteiger partial charge on any atom is 0.293 e. The highest BCUT2D eigenvalue weighted by atomic mass is 79.9. The summed E-state index contributed by atoms with van der Waals surface area (Å²) >= 11 is 23.3. The van der Waals surface area contributed by atoms with Crippen molar-refractivity contribution in [1.29, 1.82) is 0 Å². The van der Waals surface area contributed by atoms with Crippen LogP contribution in [0.3, 0.4) is 0 Å². The first-order chi connectivity index (χ1) is 17.3. The Morgan fingerprint density at radius 1 is 0.972 bits per heavy atom. The fourth-order valence-electron chi connectivity index (χ4n) is 3.60. The minimum atomic E-state index is -0.426. The van der Waals surface area contributed by atoms with Gasteiger partial charge in [0.15, 0.2) is 17.2 Å². The van der Waals surface area contributed by atoms with Gasteiger partial charge in [0.05, 0.1) is 20.9 Å². The predicted octanol–water partition coefficient (Wildman–Crippen LogP) is 7.95. The molecule has 0 unspecified atom stereocenters. The Morgan fingerprint density at radius 2 is 1.72 bits per heavy atom. The third kappa shape index (κ3) is 5.19. The van der Waals surface area contributed by atoms with Gasteiger partial charge in [-0.25, -0.2) is 0 Å². The maximum atomic E-state index is 13.0. The molecule has 3 aromatic carbocycles. The Kier molecular flexibility index (Phi) is 7.42. The number of imide groups is 1. The van der Waals surface area contributed by atoms with Crippen molar-refractivity contribution >= 4 is 79.7 Å². The summed E-state index contributed by atoms with van der Waals surface area (Å²) < 4.78 is 17.1. The van der Waals surface area contributed by atoms with Crippen molar-refractivity contribution in [3.63, 3.8) is 0 Å². The number of amides is 2. The molecule has 0 saturated carbocycles. The van der Waals surface area contributed by atoms with E-state index in [0.29, 0.717) is 47.9 Å². The summed E-state index contributed by atoms with van der Waals surface area (Å²) in [6, 6.07) is 14.1. The number of ether oxygens (including phenoxy) is 3. The molecule has 0 radical (unpaired) electrons. The van der Waals surface area contributed by atoms with Gasteiger partial charge in [-0.1, -0.05) is 53.0 Å². The molecule has 1 fully saturated rings. The molecule has 36 heavy (non-hydrogen) atoms. The van der Waals surface area contributed by atoms with E-state index in [1.807, 2.05) is 18.2 Å². The van der Waals surface area contributed by atoms with Crippen LogP contribution in [0.2, 0.25) is 15.1 Å². The molecule has 1 saturated heterocycles. The molecule has 2 aliphatic heterocycles. The van der Waals surface area contributed by atoms with E-state index < -0.39 is 11.1 Å². The molecule has 3 aromatic rings. The van der Waals surface area contributed by atoms with Crippen molar-refractivity contribution in [2.45, 2.75) is 13.2 Å². The molecule has 5 rings (SSSR count). The lowest BCUT2D eigenvalue weighted by Gasteiger charge is -2.14. The van der Waals surface area contributed by atoms with Gasteiger partial charge < -0.3 is 14.2 Å². The highest BCUT2D eigenvalue weighted by Gasteiger charge is 2.36. The van der Waals surface area contributed by atoms with Crippen molar-refractivity contribution in [3.8, 4) is 17.2 Å². The van der Waals surface area contributed by atoms with Gasteiger partial charge >= 0.3 is 0 Å². The average molecular weight is 628 g/mol. The Labute approximate surface area is 234 Å². The summed E-state index contributed by atoms with van der Waals surface area (Å²) in [5.41, 5.74) is 2.03. The van der Waals surface area contributed by atoms with Crippen LogP contribution in [0.15, 0.2) is 57.9 Å². The molecule has 6 nitrogen and oxygen atoms in total. The van der Waals surface area contributed by atoms with Crippen molar-refractivity contribution in [2.75, 3.05) is 6.79 Å². The SMILES string of the molecule is O=C1S/C(=C\c2cc(Cl)c(OCc3ccccc3Cl)c(Br)c2)C(=O)N1Cc1cc2c(cc1Cl)OCO2. The van der Waals surface area contributed by atoms with Crippen LogP contribution in [-0.2, 0) is 17.9 Å². The largest absolute Gasteiger partial charge is 0.486 e. The minimum Gasteiger partial charge on any atom is -0.486 e. The Bertz CT molecular complexity index is 1410. The minimum absolute atomic E-state index is 0.0107. The molecule has 0 bridgehead atoms. The van der Waals surface area contributed by atoms with Crippen LogP contribution in [-0.4, -0.2) is 22.8 Å². The van der Waals surface area contributed by atoms with Gasteiger partial charge in [-0.15, -0.1) is 0 Å². The number of rotatable bonds is 6. The van der Waals surface area contributed by atoms with Gasteiger partial charge in [-0.2, -0.15) is 0 Å². The zero-order chi connectivity index (χ0) is 25.4. The summed E-state index contributed by atoms with van der Waals surface area (Å²) in [7, 11) is 0. The fraction of sp³-hybridized carbons (Fsp3) is 0.120. The van der Waals surface area contributed by atoms with Crippen molar-refractivity contribution in [3.05, 3.63) is 89.7 Å². The smallest absolute Gasteiger partial charge is 0.293 e. The van der Waals surface area contributed by atoms with E-state index >= 15 is 0 Å². The van der Waals surface area contributed by atoms with Gasteiger partial charge in [-0.05, 0) is 69.2 Å². The predicted molar refractivity (Wildman–Crippen MR) is 144 cm³/mol. The molecule has 2 amide bonds. The van der Waals surface area contributed by atoms with Crippen molar-refractivity contribution in [2.24, 2.45) is 0 Å². The molecule has 2 aliphatic rings. The van der Waals surface area contributed by atoms with E-state index in [0.717, 1.165) is 22.2 Å². The van der Waals surface area contributed by atoms with Crippen LogP contribution >= 0.6 is 62.5 Å². The third-order valence-corrected chi connectivity index (χ3v) is 7.89. The summed E-state index contributed by atoms with van der Waals surface area (Å²) in [5.74, 6) is 1.07. The first-order valence-electron chi connectivity index (χ1n) is 10.5. The average Bonchev–Trinajstić information content (AvgIpc) is 3.38. The monoisotopic (exact) mass is 625 g/mol. The van der Waals surface area contributed by atoms with Crippen LogP contribution in [0.5, 0.6) is 17.2 Å². The first kappa shape index (κ1) is 25.3. The molecule has 0 aliphatic carbocycles. The zero-order valence-electron chi connectivity index (χ0n) is 18.2. The van der Waals surface area contributed by atoms with Crippen LogP contribution < -0.4 is 14.2 Å². The van der Waals surface area contributed by atoms with Crippen molar-refractivity contribution in [1.82, 2.24) is 4.90 Å². The summed E-state index contributed by atoms with van der Waals surface area (Å²) in [5, 5.41) is 0.920. The first-order valence-corrected chi connectivity index (χ1v) is 13.2. The van der Waals surface area contributed by atoms with Crippen LogP contribution in [0.25, 0.3) is 6.08 Å². The number of hydrogen-bond acceptors (Lipinski definition) is 6. The van der Waals surface area contributed by atoms with Crippen LogP contribution in [0, 0.1) is 0 Å². The number of fused-ring (bicyclic) bond motifs is 1. The Balaban J connectivity index is 1.33. The van der Waals surface area contributed by atoms with Gasteiger partial charge in [-0.3, -0.25) is 14.5 Å². The second-order valence-electron chi connectivity index (χ2n) is 7.76. The Morgan fingerprint density at radius 3 is 2.47 bits per heavy atom. The van der Waals surface area contributed by atoms with Crippen LogP contribution in [0.4, 0.5) is 4.79 Å². The van der Waals surface area contributed by atoms with Gasteiger partial charge in [0.1, 0.15) is 6.61 Å². The maximum absolute atomic E-state index is 13.0. The number of halogens is 4. The highest BCUT2D eigenvalue weighted by molar-refractivity contribution is 9.10. The molecular weight excluding hydrogens is 613 g/mol. The molecule has 11 heteroatoms. The number of carbonyl (C=O) groups is 2. The topological polar surface area (TPSA) is 65.1 Å². The normalized spacial score (nSPS) is 15.8. The number of thioether (sulfide) groups is 1. The number of nitrogens with zero attached hydrogens (tertiary/aromatic N) is 1. The Hall–Kier alpha value is -2.36. The lowest BCUT2D eigenvalue weighted by Crippen LogP contribution is -2.27. The molecule has 0 atom stereocenters. The van der Waals surface area contributed by atoms with E-state index in [9.17, 15) is 9.59 Å². The second kappa shape index (κ2) is 10.6. The van der Waals surface area contributed by atoms with E-state index in [1.54, 1.807) is 36.4 Å². The van der Waals surface area contributed by atoms with E-state index in [1.165, 1.54) is 0 Å². The van der Waals surface area contributed by atoms with E-state index in [-0.39, 0.29) is 24.8 Å². The van der Waals surface area contributed by atoms with Gasteiger partial charge in [0.2, 0.25) is 6.79 Å². The summed E-state index contributed by atoms with van der Waals surface area (Å²) in [6.07, 6.45) is 1.61. The van der Waals surface area contributed by atoms with Gasteiger partial charge in [0, 0.05) is 21.7 Å². The highest BCUT2D eigenvalue weighted by Crippen LogP contribution is 2.41. The number of carbonyl (C=O) groups excluding carboxylic acids is 2. The third-order valence-electron chi connectivity index (χ3n) is 5.39. The van der Waals surface area contributed by atoms with E-state index in [4.69, 9.17) is 49.0 Å². The molecule has 184 valence electrons. The molecular formula is C25H15BrCl3NO5S. The summed E-state index contributed by atoms with van der Waals surface area (Å²) in [6.45, 7) is 0.344. The second-order valence-corrected chi connectivity index (χ2v) is 10.8. The molecule has 2 heterocycles. The van der Waals surface area contributed by atoms with Crippen LogP contribution in [0.1, 0.15) is 16.7 Å². The lowest BCUT2D eigenvalue weighted by atomic mass is 10.1. The number of hydrogen-bond donors (Lipinski definition) is 0. The number of benzene rings is 3. The standard InChI is InChI=1S/C25H15BrCl3NO5S/c26-16-5-13(6-19(29)23(16)33-11-14-3-1-2-4-17(14)27)7-22-24(31)30(25(32)36-22)10-15-8-20-21(9-18(15)28)35-12-34-20/h1-9H,10-12H2/b22-7-. The quantitative estimate of drug-likeness (QED) is 0.259. The molecule has 0 aromatic heterocycles.